The summed E-state index contributed by atoms with van der Waals surface area (Å²) in [5, 5.41) is 2.56. The largest absolute Gasteiger partial charge is 0.493 e. The number of benzene rings is 2. The number of anilines is 1. The number of halogens is 1. The fourth-order valence-corrected chi connectivity index (χ4v) is 2.13. The first kappa shape index (κ1) is 15.8. The van der Waals surface area contributed by atoms with E-state index in [2.05, 4.69) is 5.32 Å². The number of carbonyl (C=O) groups excluding carboxylic acids is 1. The van der Waals surface area contributed by atoms with Gasteiger partial charge in [-0.2, -0.15) is 0 Å². The lowest BCUT2D eigenvalue weighted by molar-refractivity contribution is -0.115. The van der Waals surface area contributed by atoms with Crippen LogP contribution < -0.4 is 14.8 Å². The number of hydrogen-bond acceptors (Lipinski definition) is 3. The number of methoxy groups -OCH3 is 2. The molecule has 1 amide bonds. The molecule has 0 aliphatic carbocycles. The minimum atomic E-state index is -0.573. The molecule has 0 aliphatic heterocycles. The van der Waals surface area contributed by atoms with E-state index in [0.29, 0.717) is 5.75 Å². The van der Waals surface area contributed by atoms with E-state index >= 15 is 0 Å². The van der Waals surface area contributed by atoms with Crippen LogP contribution in [0.2, 0.25) is 0 Å². The lowest BCUT2D eigenvalue weighted by Gasteiger charge is -2.12. The standard InChI is InChI=1S/C17H18FNO3/c1-11-6-4-5-7-12(11)8-17(20)19-14-10-16(22-3)15(21-2)9-13(14)18/h4-7,9-10H,8H2,1-3H3,(H,19,20). The molecule has 0 bridgehead atoms. The molecule has 22 heavy (non-hydrogen) atoms. The minimum absolute atomic E-state index is 0.0660. The average Bonchev–Trinajstić information content (AvgIpc) is 2.51. The van der Waals surface area contributed by atoms with Gasteiger partial charge in [-0.25, -0.2) is 4.39 Å². The predicted octanol–water partition coefficient (Wildman–Crippen LogP) is 3.33. The van der Waals surface area contributed by atoms with Gasteiger partial charge >= 0.3 is 0 Å². The molecule has 0 saturated carbocycles. The third-order valence-corrected chi connectivity index (χ3v) is 3.36. The highest BCUT2D eigenvalue weighted by molar-refractivity contribution is 5.93. The van der Waals surface area contributed by atoms with E-state index < -0.39 is 5.82 Å². The highest BCUT2D eigenvalue weighted by Crippen LogP contribution is 2.32. The molecule has 0 aliphatic rings. The van der Waals surface area contributed by atoms with E-state index in [0.717, 1.165) is 11.1 Å². The topological polar surface area (TPSA) is 47.6 Å². The zero-order chi connectivity index (χ0) is 16.1. The third kappa shape index (κ3) is 3.55. The Morgan fingerprint density at radius 3 is 2.41 bits per heavy atom. The number of rotatable bonds is 5. The molecule has 0 atom stereocenters. The Kier molecular flexibility index (Phi) is 4.99. The Bertz CT molecular complexity index is 686. The molecule has 5 heteroatoms. The highest BCUT2D eigenvalue weighted by Gasteiger charge is 2.14. The quantitative estimate of drug-likeness (QED) is 0.921. The Morgan fingerprint density at radius 2 is 1.77 bits per heavy atom. The average molecular weight is 303 g/mol. The van der Waals surface area contributed by atoms with Crippen LogP contribution in [0, 0.1) is 12.7 Å². The van der Waals surface area contributed by atoms with Crippen molar-refractivity contribution in [2.75, 3.05) is 19.5 Å². The molecule has 0 radical (unpaired) electrons. The van der Waals surface area contributed by atoms with Crippen LogP contribution >= 0.6 is 0 Å². The fraction of sp³-hybridized carbons (Fsp3) is 0.235. The maximum Gasteiger partial charge on any atom is 0.228 e. The second-order valence-electron chi connectivity index (χ2n) is 4.84. The Labute approximate surface area is 128 Å². The van der Waals surface area contributed by atoms with Crippen molar-refractivity contribution in [2.24, 2.45) is 0 Å². The number of nitrogens with one attached hydrogen (secondary N) is 1. The predicted molar refractivity (Wildman–Crippen MR) is 83.0 cm³/mol. The number of ether oxygens (including phenoxy) is 2. The highest BCUT2D eigenvalue weighted by atomic mass is 19.1. The van der Waals surface area contributed by atoms with Gasteiger partial charge in [0.25, 0.3) is 0 Å². The Hall–Kier alpha value is -2.56. The van der Waals surface area contributed by atoms with Crippen LogP contribution in [-0.2, 0) is 11.2 Å². The van der Waals surface area contributed by atoms with Crippen LogP contribution in [0.5, 0.6) is 11.5 Å². The monoisotopic (exact) mass is 303 g/mol. The number of hydrogen-bond donors (Lipinski definition) is 1. The molecule has 0 fully saturated rings. The van der Waals surface area contributed by atoms with E-state index in [1.807, 2.05) is 31.2 Å². The summed E-state index contributed by atoms with van der Waals surface area (Å²) < 4.78 is 24.1. The van der Waals surface area contributed by atoms with Crippen LogP contribution in [0.25, 0.3) is 0 Å². The third-order valence-electron chi connectivity index (χ3n) is 3.36. The van der Waals surface area contributed by atoms with Crippen LogP contribution in [-0.4, -0.2) is 20.1 Å². The van der Waals surface area contributed by atoms with Gasteiger partial charge in [0.1, 0.15) is 0 Å². The van der Waals surface area contributed by atoms with Gasteiger partial charge in [0, 0.05) is 12.1 Å². The van der Waals surface area contributed by atoms with E-state index in [4.69, 9.17) is 9.47 Å². The Balaban J connectivity index is 2.16. The molecule has 0 saturated heterocycles. The molecule has 0 aromatic heterocycles. The van der Waals surface area contributed by atoms with E-state index in [-0.39, 0.29) is 23.8 Å². The van der Waals surface area contributed by atoms with Crippen molar-refractivity contribution in [3.63, 3.8) is 0 Å². The molecule has 2 rings (SSSR count). The van der Waals surface area contributed by atoms with Gasteiger partial charge in [0.15, 0.2) is 17.3 Å². The zero-order valence-electron chi connectivity index (χ0n) is 12.8. The second-order valence-corrected chi connectivity index (χ2v) is 4.84. The summed E-state index contributed by atoms with van der Waals surface area (Å²) in [4.78, 5) is 12.1. The molecule has 1 N–H and O–H groups in total. The minimum Gasteiger partial charge on any atom is -0.493 e. The van der Waals surface area contributed by atoms with Gasteiger partial charge in [-0.05, 0) is 18.1 Å². The van der Waals surface area contributed by atoms with Gasteiger partial charge in [-0.15, -0.1) is 0 Å². The fourth-order valence-electron chi connectivity index (χ4n) is 2.13. The van der Waals surface area contributed by atoms with E-state index in [1.165, 1.54) is 26.4 Å². The van der Waals surface area contributed by atoms with Gasteiger partial charge in [0.05, 0.1) is 26.3 Å². The van der Waals surface area contributed by atoms with Crippen molar-refractivity contribution in [2.45, 2.75) is 13.3 Å². The van der Waals surface area contributed by atoms with Gasteiger partial charge in [-0.1, -0.05) is 24.3 Å². The number of carbonyl (C=O) groups is 1. The summed E-state index contributed by atoms with van der Waals surface area (Å²) >= 11 is 0. The van der Waals surface area contributed by atoms with Crippen LogP contribution in [0.3, 0.4) is 0 Å². The first-order valence-corrected chi connectivity index (χ1v) is 6.81. The first-order chi connectivity index (χ1) is 10.5. The van der Waals surface area contributed by atoms with Crippen molar-refractivity contribution in [1.29, 1.82) is 0 Å². The molecular weight excluding hydrogens is 285 g/mol. The van der Waals surface area contributed by atoms with Gasteiger partial charge < -0.3 is 14.8 Å². The molecule has 0 unspecified atom stereocenters. The SMILES string of the molecule is COc1cc(F)c(NC(=O)Cc2ccccc2C)cc1OC. The first-order valence-electron chi connectivity index (χ1n) is 6.81. The van der Waals surface area contributed by atoms with Gasteiger partial charge in [0.2, 0.25) is 5.91 Å². The lowest BCUT2D eigenvalue weighted by atomic mass is 10.1. The van der Waals surface area contributed by atoms with Crippen molar-refractivity contribution in [3.8, 4) is 11.5 Å². The maximum atomic E-state index is 14.0. The Morgan fingerprint density at radius 1 is 1.14 bits per heavy atom. The normalized spacial score (nSPS) is 10.2. The number of amides is 1. The van der Waals surface area contributed by atoms with Crippen molar-refractivity contribution >= 4 is 11.6 Å². The molecule has 4 nitrogen and oxygen atoms in total. The zero-order valence-corrected chi connectivity index (χ0v) is 12.8. The summed E-state index contributed by atoms with van der Waals surface area (Å²) in [6.07, 6.45) is 0.181. The molecule has 0 spiro atoms. The molecular formula is C17H18FNO3. The van der Waals surface area contributed by atoms with E-state index in [9.17, 15) is 9.18 Å². The number of aryl methyl sites for hydroxylation is 1. The summed E-state index contributed by atoms with van der Waals surface area (Å²) in [7, 11) is 2.88. The molecule has 2 aromatic carbocycles. The summed E-state index contributed by atoms with van der Waals surface area (Å²) in [6, 6.07) is 10.2. The van der Waals surface area contributed by atoms with Crippen LogP contribution in [0.1, 0.15) is 11.1 Å². The van der Waals surface area contributed by atoms with Crippen molar-refractivity contribution < 1.29 is 18.7 Å². The van der Waals surface area contributed by atoms with E-state index in [1.54, 1.807) is 0 Å². The summed E-state index contributed by atoms with van der Waals surface area (Å²) in [5.41, 5.74) is 1.99. The molecule has 2 aromatic rings. The molecule has 0 heterocycles. The molecule has 116 valence electrons. The van der Waals surface area contributed by atoms with Crippen molar-refractivity contribution in [1.82, 2.24) is 0 Å². The summed E-state index contributed by atoms with van der Waals surface area (Å²) in [6.45, 7) is 1.93. The second kappa shape index (κ2) is 6.93. The van der Waals surface area contributed by atoms with Gasteiger partial charge in [-0.3, -0.25) is 4.79 Å². The smallest absolute Gasteiger partial charge is 0.228 e. The van der Waals surface area contributed by atoms with Crippen LogP contribution in [0.4, 0.5) is 10.1 Å². The lowest BCUT2D eigenvalue weighted by Crippen LogP contribution is -2.16. The summed E-state index contributed by atoms with van der Waals surface area (Å²) in [5.74, 6) is -0.233. The van der Waals surface area contributed by atoms with Crippen LogP contribution in [0.15, 0.2) is 36.4 Å². The van der Waals surface area contributed by atoms with Crippen molar-refractivity contribution in [3.05, 3.63) is 53.3 Å². The maximum absolute atomic E-state index is 14.0.